The van der Waals surface area contributed by atoms with Gasteiger partial charge >= 0.3 is 25.8 Å². The molecule has 0 aliphatic carbocycles. The van der Waals surface area contributed by atoms with Crippen molar-refractivity contribution in [2.45, 2.75) is 0 Å². The van der Waals surface area contributed by atoms with Crippen LogP contribution in [0.25, 0.3) is 0 Å². The summed E-state index contributed by atoms with van der Waals surface area (Å²) in [6.07, 6.45) is 0. The van der Waals surface area contributed by atoms with Gasteiger partial charge in [0.1, 0.15) is 0 Å². The third-order valence-electron chi connectivity index (χ3n) is 2.79. The van der Waals surface area contributed by atoms with E-state index in [-0.39, 0.29) is 43.1 Å². The molecule has 3 nitrogen and oxygen atoms in total. The Kier molecular flexibility index (Phi) is 15.0. The summed E-state index contributed by atoms with van der Waals surface area (Å²) in [4.78, 5) is 0. The third-order valence-corrected chi connectivity index (χ3v) is 2.79. The normalized spacial score (nSPS) is 8.15. The molecule has 0 aromatic heterocycles. The molecule has 0 spiro atoms. The predicted molar refractivity (Wildman–Crippen MR) is 99.7 cm³/mol. The molecule has 0 aliphatic rings. The molecule has 0 heterocycles. The zero-order valence-corrected chi connectivity index (χ0v) is 18.4. The number of para-hydroxylation sites is 3. The van der Waals surface area contributed by atoms with E-state index >= 15 is 0 Å². The number of hydrogen-bond acceptors (Lipinski definition) is 3. The quantitative estimate of drug-likeness (QED) is 0.261. The van der Waals surface area contributed by atoms with Gasteiger partial charge in [-0.3, -0.25) is 0 Å². The van der Waals surface area contributed by atoms with Gasteiger partial charge in [0.15, 0.2) is 0 Å². The van der Waals surface area contributed by atoms with Crippen LogP contribution in [0, 0.1) is 0 Å². The van der Waals surface area contributed by atoms with E-state index in [9.17, 15) is 15.3 Å². The molecule has 0 unspecified atom stereocenters. The molecule has 0 amide bonds. The van der Waals surface area contributed by atoms with Gasteiger partial charge in [-0.2, -0.15) is 18.2 Å². The van der Waals surface area contributed by atoms with Crippen molar-refractivity contribution in [3.05, 3.63) is 121 Å². The molecule has 0 saturated heterocycles. The fraction of sp³-hybridized carbons (Fsp3) is 0. The Bertz CT molecular complexity index is 652. The molecule has 0 bridgehead atoms. The summed E-state index contributed by atoms with van der Waals surface area (Å²) in [5.41, 5.74) is 0. The van der Waals surface area contributed by atoms with Crippen LogP contribution >= 0.6 is 0 Å². The first-order valence-corrected chi connectivity index (χ1v) is 8.01. The molecule has 27 heavy (non-hydrogen) atoms. The molecule has 0 N–H and O–H groups in total. The molecule has 4 aromatic rings. The van der Waals surface area contributed by atoms with Crippen LogP contribution in [0.1, 0.15) is 0 Å². The fourth-order valence-corrected chi connectivity index (χ4v) is 1.58. The minimum absolute atomic E-state index is 0. The van der Waals surface area contributed by atoms with Crippen LogP contribution in [-0.4, -0.2) is 0 Å². The Balaban J connectivity index is 0.000000332. The van der Waals surface area contributed by atoms with Crippen molar-refractivity contribution in [3.8, 4) is 17.2 Å². The largest absolute Gasteiger partial charge is 4.00 e. The van der Waals surface area contributed by atoms with Crippen LogP contribution in [0.3, 0.4) is 0 Å². The van der Waals surface area contributed by atoms with Gasteiger partial charge < -0.3 is 15.3 Å². The van der Waals surface area contributed by atoms with Crippen molar-refractivity contribution in [1.29, 1.82) is 0 Å². The van der Waals surface area contributed by atoms with Crippen molar-refractivity contribution < 1.29 is 41.2 Å². The van der Waals surface area contributed by atoms with Gasteiger partial charge in [0, 0.05) is 0 Å². The maximum Gasteiger partial charge on any atom is 4.00 e. The molecule has 0 fully saturated rings. The van der Waals surface area contributed by atoms with E-state index in [1.54, 1.807) is 36.4 Å². The molecular formula is C23H20HfO3. The van der Waals surface area contributed by atoms with Crippen molar-refractivity contribution >= 4 is 0 Å². The molecule has 4 rings (SSSR count). The summed E-state index contributed by atoms with van der Waals surface area (Å²) >= 11 is 0. The molecule has 0 atom stereocenters. The van der Waals surface area contributed by atoms with Crippen LogP contribution < -0.4 is 15.3 Å². The van der Waals surface area contributed by atoms with E-state index < -0.39 is 0 Å². The Labute approximate surface area is 179 Å². The van der Waals surface area contributed by atoms with Crippen molar-refractivity contribution in [1.82, 2.24) is 0 Å². The van der Waals surface area contributed by atoms with E-state index in [0.29, 0.717) is 0 Å². The smallest absolute Gasteiger partial charge is 0.872 e. The topological polar surface area (TPSA) is 69.2 Å². The molecule has 0 saturated carbocycles. The molecule has 134 valence electrons. The number of rotatable bonds is 0. The van der Waals surface area contributed by atoms with Crippen molar-refractivity contribution in [2.75, 3.05) is 0 Å². The van der Waals surface area contributed by atoms with Crippen molar-refractivity contribution in [2.24, 2.45) is 0 Å². The Morgan fingerprint density at radius 2 is 0.667 bits per heavy atom. The van der Waals surface area contributed by atoms with Gasteiger partial charge in [0.2, 0.25) is 0 Å². The van der Waals surface area contributed by atoms with E-state index in [1.165, 1.54) is 36.4 Å². The van der Waals surface area contributed by atoms with Crippen LogP contribution in [0.5, 0.6) is 17.2 Å². The molecule has 4 heteroatoms. The first-order valence-electron chi connectivity index (χ1n) is 8.01. The van der Waals surface area contributed by atoms with E-state index in [2.05, 4.69) is 0 Å². The minimum atomic E-state index is 0. The van der Waals surface area contributed by atoms with Gasteiger partial charge in [0.25, 0.3) is 0 Å². The Morgan fingerprint density at radius 1 is 0.407 bits per heavy atom. The van der Waals surface area contributed by atoms with Gasteiger partial charge in [-0.1, -0.05) is 91.0 Å². The monoisotopic (exact) mass is 524 g/mol. The Hall–Kier alpha value is -2.72. The maximum absolute atomic E-state index is 10.3. The molecule has 0 aliphatic heterocycles. The summed E-state index contributed by atoms with van der Waals surface area (Å²) in [6.45, 7) is 0. The first-order chi connectivity index (χ1) is 12.7. The zero-order chi connectivity index (χ0) is 18.9. The maximum atomic E-state index is 10.3. The average Bonchev–Trinajstić information content (AvgIpc) is 3.25. The van der Waals surface area contributed by atoms with Crippen LogP contribution in [0.2, 0.25) is 0 Å². The van der Waals surface area contributed by atoms with Crippen molar-refractivity contribution in [3.63, 3.8) is 0 Å². The second-order valence-electron chi connectivity index (χ2n) is 4.90. The summed E-state index contributed by atoms with van der Waals surface area (Å²) in [7, 11) is 0. The van der Waals surface area contributed by atoms with E-state index in [1.807, 2.05) is 48.5 Å². The minimum Gasteiger partial charge on any atom is -0.872 e. The summed E-state index contributed by atoms with van der Waals surface area (Å²) in [6, 6.07) is 35.0. The van der Waals surface area contributed by atoms with E-state index in [0.717, 1.165) is 0 Å². The van der Waals surface area contributed by atoms with Crippen LogP contribution in [0.4, 0.5) is 0 Å². The van der Waals surface area contributed by atoms with Gasteiger partial charge in [-0.25, -0.2) is 12.1 Å². The summed E-state index contributed by atoms with van der Waals surface area (Å²) in [5.74, 6) is 0.215. The van der Waals surface area contributed by atoms with Gasteiger partial charge in [-0.05, 0) is 0 Å². The van der Waals surface area contributed by atoms with E-state index in [4.69, 9.17) is 0 Å². The first kappa shape index (κ1) is 24.3. The standard InChI is InChI=1S/3C6H6O.C5H5.Hf/c3*7-6-4-2-1-3-5-6;1-2-4-5-3-1;/h3*1-5,7H;1-5H;/q;;;-1;+4/p-3. The summed E-state index contributed by atoms with van der Waals surface area (Å²) < 4.78 is 0. The third kappa shape index (κ3) is 15.3. The SMILES string of the molecule is [Hf+4].[O-]c1ccccc1.[O-]c1ccccc1.[O-]c1ccccc1.c1cc[cH-]c1. The molecular weight excluding hydrogens is 503 g/mol. The van der Waals surface area contributed by atoms with Crippen LogP contribution in [0.15, 0.2) is 121 Å². The second-order valence-corrected chi connectivity index (χ2v) is 4.90. The summed E-state index contributed by atoms with van der Waals surface area (Å²) in [5, 5.41) is 30.8. The molecule has 0 radical (unpaired) electrons. The number of benzene rings is 3. The predicted octanol–water partition coefficient (Wildman–Crippen LogP) is 3.68. The number of hydrogen-bond donors (Lipinski definition) is 0. The second kappa shape index (κ2) is 16.7. The Morgan fingerprint density at radius 3 is 0.778 bits per heavy atom. The van der Waals surface area contributed by atoms with Crippen LogP contribution in [-0.2, 0) is 25.8 Å². The molecule has 4 aromatic carbocycles. The fourth-order valence-electron chi connectivity index (χ4n) is 1.58. The van der Waals surface area contributed by atoms with Gasteiger partial charge in [-0.15, -0.1) is 17.2 Å². The van der Waals surface area contributed by atoms with Gasteiger partial charge in [0.05, 0.1) is 0 Å². The zero-order valence-electron chi connectivity index (χ0n) is 14.8. The average molecular weight is 523 g/mol.